The van der Waals surface area contributed by atoms with Crippen molar-refractivity contribution in [3.8, 4) is 5.75 Å². The van der Waals surface area contributed by atoms with Crippen molar-refractivity contribution in [3.63, 3.8) is 0 Å². The largest absolute Gasteiger partial charge is 0.507 e. The second-order valence-electron chi connectivity index (χ2n) is 5.25. The Labute approximate surface area is 122 Å². The molecule has 2 aromatic carbocycles. The molecule has 0 saturated heterocycles. The molecule has 2 aromatic rings. The third kappa shape index (κ3) is 2.79. The molecule has 1 aliphatic rings. The fourth-order valence-corrected chi connectivity index (χ4v) is 2.44. The van der Waals surface area contributed by atoms with Crippen LogP contribution in [0.3, 0.4) is 0 Å². The number of carbonyl (C=O) groups is 1. The van der Waals surface area contributed by atoms with Crippen molar-refractivity contribution in [2.75, 3.05) is 0 Å². The predicted octanol–water partition coefficient (Wildman–Crippen LogP) is 3.37. The van der Waals surface area contributed by atoms with Crippen LogP contribution in [-0.2, 0) is 0 Å². The summed E-state index contributed by atoms with van der Waals surface area (Å²) in [6, 6.07) is 10.9. The van der Waals surface area contributed by atoms with Gasteiger partial charge in [-0.25, -0.2) is 5.43 Å². The van der Waals surface area contributed by atoms with E-state index in [0.29, 0.717) is 0 Å². The predicted molar refractivity (Wildman–Crippen MR) is 83.5 cm³/mol. The molecular weight excluding hydrogens is 264 g/mol. The van der Waals surface area contributed by atoms with E-state index in [-0.39, 0.29) is 11.3 Å². The zero-order chi connectivity index (χ0) is 14.8. The summed E-state index contributed by atoms with van der Waals surface area (Å²) in [6.45, 7) is 2.04. The molecule has 0 fully saturated rings. The molecule has 1 aliphatic carbocycles. The lowest BCUT2D eigenvalue weighted by atomic mass is 10.1. The highest BCUT2D eigenvalue weighted by Gasteiger charge is 2.13. The van der Waals surface area contributed by atoms with Crippen molar-refractivity contribution < 1.29 is 9.90 Å². The Morgan fingerprint density at radius 1 is 1.19 bits per heavy atom. The number of amides is 1. The summed E-state index contributed by atoms with van der Waals surface area (Å²) in [7, 11) is 0. The second kappa shape index (κ2) is 5.40. The number of hydrogen-bond donors (Lipinski definition) is 2. The molecule has 106 valence electrons. The van der Waals surface area contributed by atoms with Gasteiger partial charge in [0.2, 0.25) is 0 Å². The molecule has 0 saturated carbocycles. The van der Waals surface area contributed by atoms with Gasteiger partial charge in [0.05, 0.1) is 11.3 Å². The summed E-state index contributed by atoms with van der Waals surface area (Å²) >= 11 is 0. The molecule has 2 N–H and O–H groups in total. The number of benzene rings is 2. The van der Waals surface area contributed by atoms with E-state index in [4.69, 9.17) is 0 Å². The lowest BCUT2D eigenvalue weighted by Gasteiger charge is -2.06. The summed E-state index contributed by atoms with van der Waals surface area (Å²) < 4.78 is 0. The Bertz CT molecular complexity index is 775. The molecule has 21 heavy (non-hydrogen) atoms. The summed E-state index contributed by atoms with van der Waals surface area (Å²) in [4.78, 5) is 12.1. The Hall–Kier alpha value is -2.62. The van der Waals surface area contributed by atoms with Gasteiger partial charge in [-0.2, -0.15) is 5.10 Å². The number of hydrazone groups is 1. The van der Waals surface area contributed by atoms with Crippen molar-refractivity contribution in [1.82, 2.24) is 5.43 Å². The number of fused-ring (bicyclic) bond motifs is 1. The van der Waals surface area contributed by atoms with Crippen molar-refractivity contribution in [1.29, 1.82) is 0 Å². The number of rotatable bonds is 2. The molecule has 0 aliphatic heterocycles. The van der Waals surface area contributed by atoms with Gasteiger partial charge >= 0.3 is 0 Å². The van der Waals surface area contributed by atoms with Crippen LogP contribution in [0, 0.1) is 0 Å². The van der Waals surface area contributed by atoms with Crippen LogP contribution in [-0.4, -0.2) is 16.7 Å². The quantitative estimate of drug-likeness (QED) is 0.828. The van der Waals surface area contributed by atoms with Gasteiger partial charge in [0, 0.05) is 0 Å². The molecule has 0 spiro atoms. The number of phenolic OH excluding ortho intramolecular Hbond substituents is 1. The van der Waals surface area contributed by atoms with Gasteiger partial charge in [0.25, 0.3) is 5.91 Å². The van der Waals surface area contributed by atoms with Crippen LogP contribution in [0.25, 0.3) is 10.8 Å². The first-order valence-electron chi connectivity index (χ1n) is 6.89. The second-order valence-corrected chi connectivity index (χ2v) is 5.25. The summed E-state index contributed by atoms with van der Waals surface area (Å²) in [5.41, 5.74) is 4.87. The molecule has 3 rings (SSSR count). The van der Waals surface area contributed by atoms with Gasteiger partial charge in [-0.05, 0) is 48.7 Å². The van der Waals surface area contributed by atoms with Crippen molar-refractivity contribution >= 4 is 22.4 Å². The molecule has 0 heterocycles. The van der Waals surface area contributed by atoms with Crippen LogP contribution in [0.15, 0.2) is 53.1 Å². The minimum absolute atomic E-state index is 0.0375. The highest BCUT2D eigenvalue weighted by Crippen LogP contribution is 2.25. The average molecular weight is 280 g/mol. The number of nitrogens with zero attached hydrogens (tertiary/aromatic N) is 1. The molecule has 1 amide bonds. The van der Waals surface area contributed by atoms with E-state index in [1.807, 2.05) is 37.3 Å². The van der Waals surface area contributed by atoms with Crippen LogP contribution < -0.4 is 5.43 Å². The van der Waals surface area contributed by atoms with E-state index in [9.17, 15) is 9.90 Å². The van der Waals surface area contributed by atoms with E-state index in [1.54, 1.807) is 12.1 Å². The minimum atomic E-state index is -0.399. The van der Waals surface area contributed by atoms with Crippen molar-refractivity contribution in [2.24, 2.45) is 5.10 Å². The number of aromatic hydroxyl groups is 1. The Morgan fingerprint density at radius 3 is 2.57 bits per heavy atom. The van der Waals surface area contributed by atoms with E-state index in [0.717, 1.165) is 29.3 Å². The molecule has 0 aromatic heterocycles. The van der Waals surface area contributed by atoms with Gasteiger partial charge < -0.3 is 5.11 Å². The molecule has 0 atom stereocenters. The summed E-state index contributed by atoms with van der Waals surface area (Å²) in [6.07, 6.45) is 3.80. The number of nitrogens with one attached hydrogen (secondary N) is 1. The first-order valence-corrected chi connectivity index (χ1v) is 6.89. The Kier molecular flexibility index (Phi) is 3.44. The van der Waals surface area contributed by atoms with Gasteiger partial charge in [0.1, 0.15) is 5.75 Å². The van der Waals surface area contributed by atoms with E-state index >= 15 is 0 Å². The maximum absolute atomic E-state index is 12.1. The zero-order valence-electron chi connectivity index (χ0n) is 11.8. The maximum Gasteiger partial charge on any atom is 0.275 e. The van der Waals surface area contributed by atoms with Crippen LogP contribution >= 0.6 is 0 Å². The summed E-state index contributed by atoms with van der Waals surface area (Å²) in [5.74, 6) is -0.437. The number of phenols is 1. The van der Waals surface area contributed by atoms with Gasteiger partial charge in [-0.1, -0.05) is 29.8 Å². The van der Waals surface area contributed by atoms with Crippen LogP contribution in [0.1, 0.15) is 30.1 Å². The van der Waals surface area contributed by atoms with E-state index < -0.39 is 5.91 Å². The number of allylic oxidation sites excluding steroid dienone is 2. The van der Waals surface area contributed by atoms with Crippen LogP contribution in [0.2, 0.25) is 0 Å². The molecular formula is C17H16N2O2. The summed E-state index contributed by atoms with van der Waals surface area (Å²) in [5, 5.41) is 15.9. The molecule has 4 heteroatoms. The van der Waals surface area contributed by atoms with Gasteiger partial charge in [0.15, 0.2) is 0 Å². The third-order valence-electron chi connectivity index (χ3n) is 3.60. The molecule has 0 radical (unpaired) electrons. The smallest absolute Gasteiger partial charge is 0.275 e. The highest BCUT2D eigenvalue weighted by molar-refractivity contribution is 6.03. The third-order valence-corrected chi connectivity index (χ3v) is 3.60. The minimum Gasteiger partial charge on any atom is -0.507 e. The monoisotopic (exact) mass is 280 g/mol. The topological polar surface area (TPSA) is 61.7 Å². The van der Waals surface area contributed by atoms with Crippen LogP contribution in [0.4, 0.5) is 0 Å². The number of carbonyl (C=O) groups excluding carboxylic acids is 1. The SMILES string of the molecule is CC1=C/C(=N/NC(=O)c2cc3ccccc3cc2O)CC1. The Balaban J connectivity index is 1.86. The standard InChI is InChI=1S/C17H16N2O2/c1-11-6-7-14(8-11)18-19-17(21)15-9-12-4-2-3-5-13(12)10-16(15)20/h2-5,8-10,20H,6-7H2,1H3,(H,19,21)/b18-14+. The Morgan fingerprint density at radius 2 is 1.90 bits per heavy atom. The number of hydrogen-bond acceptors (Lipinski definition) is 3. The maximum atomic E-state index is 12.1. The van der Waals surface area contributed by atoms with Gasteiger partial charge in [-0.15, -0.1) is 0 Å². The van der Waals surface area contributed by atoms with E-state index in [2.05, 4.69) is 10.5 Å². The van der Waals surface area contributed by atoms with Gasteiger partial charge in [-0.3, -0.25) is 4.79 Å². The fraction of sp³-hybridized carbons (Fsp3) is 0.176. The first kappa shape index (κ1) is 13.4. The zero-order valence-corrected chi connectivity index (χ0v) is 11.8. The molecule has 4 nitrogen and oxygen atoms in total. The average Bonchev–Trinajstić information content (AvgIpc) is 2.89. The normalized spacial score (nSPS) is 16.2. The van der Waals surface area contributed by atoms with E-state index in [1.165, 1.54) is 5.57 Å². The first-order chi connectivity index (χ1) is 10.1. The fourth-order valence-electron chi connectivity index (χ4n) is 2.44. The highest BCUT2D eigenvalue weighted by atomic mass is 16.3. The lowest BCUT2D eigenvalue weighted by molar-refractivity contribution is 0.0952. The van der Waals surface area contributed by atoms with Crippen molar-refractivity contribution in [3.05, 3.63) is 53.6 Å². The lowest BCUT2D eigenvalue weighted by Crippen LogP contribution is -2.19. The van der Waals surface area contributed by atoms with Crippen LogP contribution in [0.5, 0.6) is 5.75 Å². The van der Waals surface area contributed by atoms with Crippen molar-refractivity contribution in [2.45, 2.75) is 19.8 Å². The molecule has 0 bridgehead atoms. The molecule has 0 unspecified atom stereocenters.